The Hall–Kier alpha value is -12.7. The molecular weight excluding hydrogens is 1370 g/mol. The second-order valence-corrected chi connectivity index (χ2v) is 28.6. The molecule has 5 heterocycles. The summed E-state index contributed by atoms with van der Waals surface area (Å²) >= 11 is 0. The maximum absolute atomic E-state index is 9.37. The minimum absolute atomic E-state index is 0.268. The summed E-state index contributed by atoms with van der Waals surface area (Å²) in [5, 5.41) is 21.6. The molecule has 113 heavy (non-hydrogen) atoms. The molecule has 0 aliphatic rings. The van der Waals surface area contributed by atoms with Crippen LogP contribution in [-0.4, -0.2) is 22.8 Å². The third kappa shape index (κ3) is 16.7. The van der Waals surface area contributed by atoms with E-state index in [1.54, 1.807) is 0 Å². The summed E-state index contributed by atoms with van der Waals surface area (Å²) in [6.45, 7) is 54.8. The van der Waals surface area contributed by atoms with Gasteiger partial charge in [0.05, 0.1) is 35.8 Å². The van der Waals surface area contributed by atoms with Gasteiger partial charge in [0, 0.05) is 122 Å². The van der Waals surface area contributed by atoms with Gasteiger partial charge < -0.3 is 22.8 Å². The fourth-order valence-electron chi connectivity index (χ4n) is 15.8. The number of hydrogen-bond donors (Lipinski definition) is 0. The first-order chi connectivity index (χ1) is 55.1. The van der Waals surface area contributed by atoms with Crippen molar-refractivity contribution in [3.05, 3.63) is 331 Å². The zero-order valence-electron chi connectivity index (χ0n) is 69.7. The standard InChI is InChI=1S/C27H23N.C21H19N.C17H13N3.C17H16N2.C15H15N.4C2H6/c1-19(2)28-24-17-9-15-22(20-11-5-3-6-12-20)26(24)27-23(16-10-18-25(27)28)21-13-7-4-8-14-21;1-15(2)16-11-13-17(14-12-16)22-20-9-5-3-7-18(20)19-8-4-6-10-21(19)22;1-11(2)20-14-8-4-6-12(10-18)16(14)17-13(19-3)7-5-9-15(17)20;1-11(2)19-16-7-5-12(3)9-14(16)15-10-13(18-4)6-8-17(15)19;1-11(2)16-14-9-5-3-7-12(14)13-8-4-6-10-15(13)16;4*1-2/h3-19H,1-2H3;3-15H,1-2H3;4-9,11H,1-2H3;5-11H,1-3H3;3-11H,1-2H3;4*1-2H3. The summed E-state index contributed by atoms with van der Waals surface area (Å²) in [7, 11) is 0. The molecule has 0 spiro atoms. The number of hydrogen-bond acceptors (Lipinski definition) is 1. The van der Waals surface area contributed by atoms with Gasteiger partial charge in [-0.2, -0.15) is 5.26 Å². The topological polar surface area (TPSA) is 57.2 Å². The molecule has 8 heteroatoms. The average molecular weight is 1480 g/mol. The third-order valence-corrected chi connectivity index (χ3v) is 20.2. The molecule has 0 amide bonds. The second-order valence-electron chi connectivity index (χ2n) is 28.6. The van der Waals surface area contributed by atoms with Crippen molar-refractivity contribution in [1.82, 2.24) is 22.8 Å². The molecule has 18 aromatic rings. The van der Waals surface area contributed by atoms with Crippen LogP contribution in [-0.2, 0) is 0 Å². The first kappa shape index (κ1) is 82.8. The SMILES string of the molecule is CC.CC.CC.CC.CC(C)c1ccc(-n2c3ccccc3c3ccccc32)cc1.CC(C)n1c2cccc(-c3ccccc3)c2c2c(-c3ccccc3)cccc21.CC(C)n1c2ccccc2c2ccccc21.[C-]#[N+]c1ccc2c(c1)c1cc(C)ccc1n2C(C)C.[C-]#[N+]c1cccc2c1c1c(C#N)cccc1n2C(C)C. The smallest absolute Gasteiger partial charge is 0.197 e. The van der Waals surface area contributed by atoms with Crippen molar-refractivity contribution in [3.63, 3.8) is 0 Å². The van der Waals surface area contributed by atoms with Crippen LogP contribution in [0.3, 0.4) is 0 Å². The van der Waals surface area contributed by atoms with Crippen molar-refractivity contribution >= 4 is 120 Å². The molecule has 0 fully saturated rings. The lowest BCUT2D eigenvalue weighted by Crippen LogP contribution is -1.99. The van der Waals surface area contributed by atoms with Crippen molar-refractivity contribution in [2.45, 2.75) is 162 Å². The fourth-order valence-corrected chi connectivity index (χ4v) is 15.8. The Morgan fingerprint density at radius 2 is 0.646 bits per heavy atom. The molecule has 570 valence electrons. The highest BCUT2D eigenvalue weighted by Crippen LogP contribution is 2.44. The van der Waals surface area contributed by atoms with Crippen molar-refractivity contribution in [2.24, 2.45) is 0 Å². The lowest BCUT2D eigenvalue weighted by atomic mass is 9.95. The molecule has 0 bridgehead atoms. The third-order valence-electron chi connectivity index (χ3n) is 20.2. The number of fused-ring (bicyclic) bond motifs is 15. The number of nitriles is 1. The average Bonchev–Trinajstić information content (AvgIpc) is 1.59. The molecule has 0 atom stereocenters. The van der Waals surface area contributed by atoms with Crippen LogP contribution >= 0.6 is 0 Å². The van der Waals surface area contributed by atoms with E-state index in [0.29, 0.717) is 41.0 Å². The summed E-state index contributed by atoms with van der Waals surface area (Å²) in [6, 6.07) is 106. The van der Waals surface area contributed by atoms with Gasteiger partial charge in [0.1, 0.15) is 0 Å². The quantitative estimate of drug-likeness (QED) is 0.140. The van der Waals surface area contributed by atoms with E-state index >= 15 is 0 Å². The van der Waals surface area contributed by atoms with Gasteiger partial charge in [-0.1, -0.05) is 275 Å². The predicted molar refractivity (Wildman–Crippen MR) is 492 cm³/mol. The Labute approximate surface area is 670 Å². The van der Waals surface area contributed by atoms with Crippen LogP contribution in [0.4, 0.5) is 11.4 Å². The molecule has 8 nitrogen and oxygen atoms in total. The Morgan fingerprint density at radius 1 is 0.301 bits per heavy atom. The monoisotopic (exact) mass is 1480 g/mol. The highest BCUT2D eigenvalue weighted by molar-refractivity contribution is 6.21. The zero-order valence-corrected chi connectivity index (χ0v) is 69.7. The van der Waals surface area contributed by atoms with E-state index in [1.807, 2.05) is 104 Å². The number of nitrogens with zero attached hydrogens (tertiary/aromatic N) is 8. The van der Waals surface area contributed by atoms with Crippen LogP contribution in [0.5, 0.6) is 0 Å². The van der Waals surface area contributed by atoms with Gasteiger partial charge in [-0.05, 0) is 192 Å². The van der Waals surface area contributed by atoms with E-state index in [1.165, 1.54) is 126 Å². The van der Waals surface area contributed by atoms with E-state index in [-0.39, 0.29) is 6.04 Å². The maximum Gasteiger partial charge on any atom is 0.197 e. The summed E-state index contributed by atoms with van der Waals surface area (Å²) < 4.78 is 11.8. The van der Waals surface area contributed by atoms with E-state index in [2.05, 4.69) is 357 Å². The van der Waals surface area contributed by atoms with Gasteiger partial charge >= 0.3 is 0 Å². The number of aromatic nitrogens is 5. The maximum atomic E-state index is 9.37. The molecule has 0 radical (unpaired) electrons. The van der Waals surface area contributed by atoms with Crippen LogP contribution in [0.15, 0.2) is 291 Å². The number of para-hydroxylation sites is 4. The van der Waals surface area contributed by atoms with Gasteiger partial charge in [-0.15, -0.1) is 0 Å². The van der Waals surface area contributed by atoms with E-state index in [4.69, 9.17) is 13.1 Å². The number of rotatable bonds is 8. The van der Waals surface area contributed by atoms with Gasteiger partial charge in [-0.25, -0.2) is 9.69 Å². The fraction of sp³-hybridized carbons (Fsp3) is 0.229. The molecule has 0 unspecified atom stereocenters. The highest BCUT2D eigenvalue weighted by Gasteiger charge is 2.22. The predicted octanol–water partition coefficient (Wildman–Crippen LogP) is 32.1. The minimum atomic E-state index is 0.268. The first-order valence-electron chi connectivity index (χ1n) is 40.6. The number of aryl methyl sites for hydroxylation is 1. The van der Waals surface area contributed by atoms with Gasteiger partial charge in [0.2, 0.25) is 0 Å². The van der Waals surface area contributed by atoms with Crippen LogP contribution in [0.2, 0.25) is 0 Å². The van der Waals surface area contributed by atoms with Crippen molar-refractivity contribution < 1.29 is 0 Å². The second kappa shape index (κ2) is 38.3. The minimum Gasteiger partial charge on any atom is -0.339 e. The molecule has 18 rings (SSSR count). The molecule has 0 saturated heterocycles. The molecule has 0 aliphatic carbocycles. The Kier molecular flexibility index (Phi) is 28.1. The molecular formula is C105H110N8. The molecule has 0 aliphatic heterocycles. The Balaban J connectivity index is 0.000000148. The van der Waals surface area contributed by atoms with Crippen LogP contribution in [0.1, 0.15) is 171 Å². The molecule has 13 aromatic carbocycles. The van der Waals surface area contributed by atoms with Gasteiger partial charge in [-0.3, -0.25) is 0 Å². The number of benzene rings is 13. The molecule has 5 aromatic heterocycles. The van der Waals surface area contributed by atoms with Crippen molar-refractivity contribution in [1.29, 1.82) is 5.26 Å². The largest absolute Gasteiger partial charge is 0.339 e. The summed E-state index contributed by atoms with van der Waals surface area (Å²) in [5.74, 6) is 0.562. The normalized spacial score (nSPS) is 10.8. The van der Waals surface area contributed by atoms with E-state index in [9.17, 15) is 5.26 Å². The van der Waals surface area contributed by atoms with Crippen molar-refractivity contribution in [3.8, 4) is 34.0 Å². The van der Waals surface area contributed by atoms with Crippen LogP contribution < -0.4 is 0 Å². The van der Waals surface area contributed by atoms with E-state index in [0.717, 1.165) is 21.8 Å². The first-order valence-corrected chi connectivity index (χ1v) is 40.6. The lowest BCUT2D eigenvalue weighted by molar-refractivity contribution is 0.642. The Bertz CT molecular complexity index is 6090. The summed E-state index contributed by atoms with van der Waals surface area (Å²) in [4.78, 5) is 7.17. The lowest BCUT2D eigenvalue weighted by Gasteiger charge is -2.12. The van der Waals surface area contributed by atoms with Gasteiger partial charge in [0.25, 0.3) is 0 Å². The summed E-state index contributed by atoms with van der Waals surface area (Å²) in [5.41, 5.74) is 23.2. The van der Waals surface area contributed by atoms with Crippen LogP contribution in [0, 0.1) is 31.4 Å². The van der Waals surface area contributed by atoms with Gasteiger partial charge in [0.15, 0.2) is 11.4 Å². The molecule has 0 N–H and O–H groups in total. The molecule has 0 saturated carbocycles. The zero-order chi connectivity index (χ0) is 81.2. The highest BCUT2D eigenvalue weighted by atomic mass is 15.0. The Morgan fingerprint density at radius 3 is 1.06 bits per heavy atom. The van der Waals surface area contributed by atoms with E-state index < -0.39 is 0 Å². The van der Waals surface area contributed by atoms with Crippen LogP contribution in [0.25, 0.3) is 147 Å². The van der Waals surface area contributed by atoms with Crippen molar-refractivity contribution in [2.75, 3.05) is 0 Å². The summed E-state index contributed by atoms with van der Waals surface area (Å²) in [6.07, 6.45) is 0.